The maximum absolute atomic E-state index is 13.9. The first kappa shape index (κ1) is 31.7. The summed E-state index contributed by atoms with van der Waals surface area (Å²) in [6, 6.07) is 35.3. The number of ether oxygens (including phenoxy) is 5. The van der Waals surface area contributed by atoms with Crippen LogP contribution >= 0.6 is 0 Å². The van der Waals surface area contributed by atoms with Crippen LogP contribution in [0.25, 0.3) is 0 Å². The largest absolute Gasteiger partial charge is 0.462 e. The van der Waals surface area contributed by atoms with Crippen molar-refractivity contribution in [1.82, 2.24) is 0 Å². The van der Waals surface area contributed by atoms with Crippen molar-refractivity contribution < 1.29 is 42.9 Å². The van der Waals surface area contributed by atoms with Crippen molar-refractivity contribution in [3.8, 4) is 0 Å². The van der Waals surface area contributed by atoms with Crippen LogP contribution in [0.4, 0.5) is 0 Å². The van der Waals surface area contributed by atoms with E-state index in [1.54, 1.807) is 60.7 Å². The van der Waals surface area contributed by atoms with Crippen molar-refractivity contribution in [2.75, 3.05) is 13.2 Å². The summed E-state index contributed by atoms with van der Waals surface area (Å²) in [6.45, 7) is -0.447. The van der Waals surface area contributed by atoms with Crippen LogP contribution in [0.5, 0.6) is 0 Å². The molecule has 0 N–H and O–H groups in total. The normalized spacial score (nSPS) is 22.6. The fourth-order valence-electron chi connectivity index (χ4n) is 6.36. The molecule has 9 nitrogen and oxygen atoms in total. The molecule has 6 rings (SSSR count). The summed E-state index contributed by atoms with van der Waals surface area (Å²) in [7, 11) is 0. The average Bonchev–Trinajstić information content (AvgIpc) is 3.66. The molecule has 0 aromatic heterocycles. The van der Waals surface area contributed by atoms with Gasteiger partial charge in [-0.05, 0) is 41.8 Å². The Kier molecular flexibility index (Phi) is 9.73. The number of carbonyl (C=O) groups is 4. The third-order valence-corrected chi connectivity index (χ3v) is 8.59. The minimum absolute atomic E-state index is 0.0155. The molecular weight excluding hydrogens is 600 g/mol. The molecule has 0 radical (unpaired) electrons. The Morgan fingerprint density at radius 1 is 0.596 bits per heavy atom. The number of hydrogen-bond acceptors (Lipinski definition) is 9. The van der Waals surface area contributed by atoms with Crippen LogP contribution in [-0.4, -0.2) is 48.8 Å². The van der Waals surface area contributed by atoms with E-state index in [-0.39, 0.29) is 32.8 Å². The van der Waals surface area contributed by atoms with Gasteiger partial charge >= 0.3 is 23.9 Å². The molecule has 5 atom stereocenters. The van der Waals surface area contributed by atoms with Crippen molar-refractivity contribution >= 4 is 23.9 Å². The number of hydrogen-bond donors (Lipinski definition) is 0. The van der Waals surface area contributed by atoms with E-state index in [1.807, 2.05) is 60.7 Å². The van der Waals surface area contributed by atoms with Gasteiger partial charge in [0, 0.05) is 5.92 Å². The standard InChI is InChI=1S/C38H34O9/c39-34(28-17-9-3-10-18-28)45-24-30-21-38(25-46-35(40)29-19-11-4-12-20-29)32(37(42)44-23-27-15-7-2-8-16-27)31(33(30)47-38)36(41)43-22-26-13-5-1-6-14-26/h1-20,30-33H,21-25H2/t30-,31+,32+,33-,38-/m0/s1. The predicted molar refractivity (Wildman–Crippen MR) is 169 cm³/mol. The van der Waals surface area contributed by atoms with Crippen molar-refractivity contribution in [1.29, 1.82) is 0 Å². The number of fused-ring (bicyclic) bond motifs is 2. The number of rotatable bonds is 12. The Balaban J connectivity index is 1.27. The molecule has 9 heteroatoms. The van der Waals surface area contributed by atoms with Crippen LogP contribution in [0.1, 0.15) is 38.3 Å². The van der Waals surface area contributed by atoms with Crippen LogP contribution in [0.3, 0.4) is 0 Å². The van der Waals surface area contributed by atoms with Crippen LogP contribution < -0.4 is 0 Å². The fraction of sp³-hybridized carbons (Fsp3) is 0.263. The molecule has 2 saturated heterocycles. The van der Waals surface area contributed by atoms with Gasteiger partial charge in [-0.2, -0.15) is 0 Å². The van der Waals surface area contributed by atoms with Gasteiger partial charge in [0.15, 0.2) is 0 Å². The van der Waals surface area contributed by atoms with Gasteiger partial charge in [0.1, 0.15) is 31.3 Å². The molecule has 0 aliphatic carbocycles. The molecule has 4 aromatic rings. The van der Waals surface area contributed by atoms with Gasteiger partial charge < -0.3 is 23.7 Å². The second-order valence-corrected chi connectivity index (χ2v) is 11.7. The SMILES string of the molecule is O=C(OC[C@@H]1C[C@@]2(COC(=O)c3ccccc3)O[C@@H]1[C@H](C(=O)OCc1ccccc1)[C@@H]2C(=O)OCc1ccccc1)c1ccccc1. The smallest absolute Gasteiger partial charge is 0.338 e. The first-order chi connectivity index (χ1) is 22.9. The highest BCUT2D eigenvalue weighted by atomic mass is 16.6. The molecule has 0 spiro atoms. The quantitative estimate of drug-likeness (QED) is 0.146. The van der Waals surface area contributed by atoms with Gasteiger partial charge in [-0.15, -0.1) is 0 Å². The van der Waals surface area contributed by atoms with Gasteiger partial charge in [0.05, 0.1) is 29.8 Å². The van der Waals surface area contributed by atoms with Crippen LogP contribution in [-0.2, 0) is 46.5 Å². The maximum Gasteiger partial charge on any atom is 0.338 e. The molecule has 4 aromatic carbocycles. The predicted octanol–water partition coefficient (Wildman–Crippen LogP) is 5.58. The highest BCUT2D eigenvalue weighted by molar-refractivity contribution is 5.90. The summed E-state index contributed by atoms with van der Waals surface area (Å²) in [5, 5.41) is 0. The molecule has 0 amide bonds. The van der Waals surface area contributed by atoms with Gasteiger partial charge in [0.2, 0.25) is 0 Å². The summed E-state index contributed by atoms with van der Waals surface area (Å²) >= 11 is 0. The first-order valence-electron chi connectivity index (χ1n) is 15.5. The molecule has 2 aliphatic rings. The maximum atomic E-state index is 13.9. The molecule has 2 bridgehead atoms. The van der Waals surface area contributed by atoms with Gasteiger partial charge in [0.25, 0.3) is 0 Å². The molecule has 2 aliphatic heterocycles. The second-order valence-electron chi connectivity index (χ2n) is 11.7. The minimum Gasteiger partial charge on any atom is -0.462 e. The van der Waals surface area contributed by atoms with Crippen molar-refractivity contribution in [3.63, 3.8) is 0 Å². The van der Waals surface area contributed by atoms with Gasteiger partial charge in [-0.3, -0.25) is 9.59 Å². The van der Waals surface area contributed by atoms with Crippen molar-refractivity contribution in [3.05, 3.63) is 144 Å². The minimum atomic E-state index is -1.43. The Labute approximate surface area is 272 Å². The number of carbonyl (C=O) groups excluding carboxylic acids is 4. The Hall–Kier alpha value is -5.28. The monoisotopic (exact) mass is 634 g/mol. The molecule has 2 heterocycles. The molecule has 240 valence electrons. The summed E-state index contributed by atoms with van der Waals surface area (Å²) in [5.74, 6) is -5.21. The molecular formula is C38H34O9. The number of benzene rings is 4. The van der Waals surface area contributed by atoms with E-state index < -0.39 is 53.3 Å². The molecule has 47 heavy (non-hydrogen) atoms. The van der Waals surface area contributed by atoms with Gasteiger partial charge in [-0.25, -0.2) is 9.59 Å². The van der Waals surface area contributed by atoms with E-state index in [9.17, 15) is 19.2 Å². The van der Waals surface area contributed by atoms with Crippen molar-refractivity contribution in [2.24, 2.45) is 17.8 Å². The second kappa shape index (κ2) is 14.4. The molecule has 0 unspecified atom stereocenters. The van der Waals surface area contributed by atoms with Crippen LogP contribution in [0, 0.1) is 17.8 Å². The third-order valence-electron chi connectivity index (χ3n) is 8.59. The lowest BCUT2D eigenvalue weighted by atomic mass is 9.67. The summed E-state index contributed by atoms with van der Waals surface area (Å²) in [6.07, 6.45) is -0.693. The Morgan fingerprint density at radius 3 is 1.60 bits per heavy atom. The van der Waals surface area contributed by atoms with E-state index >= 15 is 0 Å². The lowest BCUT2D eigenvalue weighted by Crippen LogP contribution is -2.52. The fourth-order valence-corrected chi connectivity index (χ4v) is 6.36. The van der Waals surface area contributed by atoms with E-state index in [0.29, 0.717) is 11.1 Å². The lowest BCUT2D eigenvalue weighted by Gasteiger charge is -2.36. The van der Waals surface area contributed by atoms with E-state index in [2.05, 4.69) is 0 Å². The van der Waals surface area contributed by atoms with E-state index in [1.165, 1.54) is 0 Å². The summed E-state index contributed by atoms with van der Waals surface area (Å²) in [4.78, 5) is 53.7. The highest BCUT2D eigenvalue weighted by Crippen LogP contribution is 2.55. The molecule has 0 saturated carbocycles. The zero-order valence-electron chi connectivity index (χ0n) is 25.6. The summed E-state index contributed by atoms with van der Waals surface area (Å²) < 4.78 is 29.4. The molecule has 2 fully saturated rings. The van der Waals surface area contributed by atoms with Crippen LogP contribution in [0.2, 0.25) is 0 Å². The zero-order valence-corrected chi connectivity index (χ0v) is 25.6. The number of esters is 4. The topological polar surface area (TPSA) is 114 Å². The lowest BCUT2D eigenvalue weighted by molar-refractivity contribution is -0.167. The van der Waals surface area contributed by atoms with Gasteiger partial charge in [-0.1, -0.05) is 97.1 Å². The zero-order chi connectivity index (χ0) is 32.6. The van der Waals surface area contributed by atoms with Crippen LogP contribution in [0.15, 0.2) is 121 Å². The Morgan fingerprint density at radius 2 is 1.06 bits per heavy atom. The summed E-state index contributed by atoms with van der Waals surface area (Å²) in [5.41, 5.74) is 0.816. The van der Waals surface area contributed by atoms with E-state index in [4.69, 9.17) is 23.7 Å². The highest BCUT2D eigenvalue weighted by Gasteiger charge is 2.69. The first-order valence-corrected chi connectivity index (χ1v) is 15.5. The average molecular weight is 635 g/mol. The Bertz CT molecular complexity index is 1680. The van der Waals surface area contributed by atoms with E-state index in [0.717, 1.165) is 11.1 Å². The third kappa shape index (κ3) is 7.26. The van der Waals surface area contributed by atoms with Crippen molar-refractivity contribution in [2.45, 2.75) is 31.3 Å².